The van der Waals surface area contributed by atoms with E-state index < -0.39 is 0 Å². The van der Waals surface area contributed by atoms with Crippen molar-refractivity contribution in [2.24, 2.45) is 0 Å². The first kappa shape index (κ1) is 16.3. The van der Waals surface area contributed by atoms with Gasteiger partial charge in [-0.2, -0.15) is 11.8 Å². The molecule has 1 unspecified atom stereocenters. The van der Waals surface area contributed by atoms with Crippen molar-refractivity contribution in [2.75, 3.05) is 24.2 Å². The maximum Gasteiger partial charge on any atom is 0.163 e. The Balaban J connectivity index is 1.83. The summed E-state index contributed by atoms with van der Waals surface area (Å²) in [6.45, 7) is 2.11. The molecule has 4 nitrogen and oxygen atoms in total. The second-order valence-corrected chi connectivity index (χ2v) is 7.57. The second-order valence-electron chi connectivity index (χ2n) is 6.43. The van der Waals surface area contributed by atoms with Crippen LogP contribution in [0.4, 0.5) is 5.82 Å². The van der Waals surface area contributed by atoms with E-state index in [-0.39, 0.29) is 0 Å². The van der Waals surface area contributed by atoms with Gasteiger partial charge in [-0.1, -0.05) is 18.6 Å². The van der Waals surface area contributed by atoms with Gasteiger partial charge in [0, 0.05) is 41.7 Å². The molecule has 0 N–H and O–H groups in total. The lowest BCUT2D eigenvalue weighted by Gasteiger charge is -2.26. The topological polar surface area (TPSA) is 41.9 Å². The Labute approximate surface area is 152 Å². The summed E-state index contributed by atoms with van der Waals surface area (Å²) in [5.41, 5.74) is 1.96. The molecule has 1 atom stereocenters. The van der Waals surface area contributed by atoms with E-state index in [2.05, 4.69) is 34.3 Å². The Morgan fingerprint density at radius 3 is 2.84 bits per heavy atom. The van der Waals surface area contributed by atoms with Crippen LogP contribution in [0.25, 0.3) is 22.3 Å². The van der Waals surface area contributed by atoms with Crippen molar-refractivity contribution in [1.29, 1.82) is 0 Å². The van der Waals surface area contributed by atoms with E-state index in [4.69, 9.17) is 9.97 Å². The number of para-hydroxylation sites is 1. The van der Waals surface area contributed by atoms with Crippen LogP contribution in [0.3, 0.4) is 0 Å². The van der Waals surface area contributed by atoms with Crippen LogP contribution in [-0.4, -0.2) is 39.5 Å². The van der Waals surface area contributed by atoms with Gasteiger partial charge in [0.05, 0.1) is 5.52 Å². The van der Waals surface area contributed by atoms with Gasteiger partial charge in [0.2, 0.25) is 0 Å². The van der Waals surface area contributed by atoms with E-state index in [1.54, 1.807) is 6.20 Å². The number of rotatable bonds is 3. The molecule has 3 aromatic rings. The molecule has 1 fully saturated rings. The molecule has 1 aromatic carbocycles. The van der Waals surface area contributed by atoms with Crippen LogP contribution in [0.2, 0.25) is 0 Å². The van der Waals surface area contributed by atoms with E-state index in [9.17, 15) is 0 Å². The third kappa shape index (κ3) is 3.47. The highest BCUT2D eigenvalue weighted by atomic mass is 32.2. The van der Waals surface area contributed by atoms with Crippen molar-refractivity contribution in [2.45, 2.75) is 24.5 Å². The molecular weight excluding hydrogens is 328 g/mol. The summed E-state index contributed by atoms with van der Waals surface area (Å²) in [5, 5.41) is 1.80. The lowest BCUT2D eigenvalue weighted by Crippen LogP contribution is -2.30. The molecule has 0 radical (unpaired) electrons. The number of benzene rings is 1. The molecule has 3 heterocycles. The Kier molecular flexibility index (Phi) is 4.83. The molecule has 0 amide bonds. The van der Waals surface area contributed by atoms with Gasteiger partial charge in [0.15, 0.2) is 5.82 Å². The van der Waals surface area contributed by atoms with Gasteiger partial charge in [-0.15, -0.1) is 0 Å². The van der Waals surface area contributed by atoms with E-state index in [1.807, 2.05) is 36.2 Å². The minimum absolute atomic E-state index is 0.665. The fourth-order valence-corrected chi connectivity index (χ4v) is 4.14. The molecule has 0 bridgehead atoms. The number of hydrogen-bond acceptors (Lipinski definition) is 5. The van der Waals surface area contributed by atoms with Gasteiger partial charge in [-0.05, 0) is 43.4 Å². The van der Waals surface area contributed by atoms with Gasteiger partial charge in [-0.3, -0.25) is 4.98 Å². The van der Waals surface area contributed by atoms with E-state index >= 15 is 0 Å². The summed E-state index contributed by atoms with van der Waals surface area (Å²) in [7, 11) is 0. The molecule has 1 aliphatic rings. The van der Waals surface area contributed by atoms with Gasteiger partial charge >= 0.3 is 0 Å². The third-order valence-corrected chi connectivity index (χ3v) is 5.82. The second kappa shape index (κ2) is 7.40. The molecule has 0 saturated carbocycles. The summed E-state index contributed by atoms with van der Waals surface area (Å²) >= 11 is 1.97. The molecule has 1 aliphatic heterocycles. The summed E-state index contributed by atoms with van der Waals surface area (Å²) in [6, 6.07) is 12.3. The fraction of sp³-hybridized carbons (Fsp3) is 0.350. The number of thioether (sulfide) groups is 1. The zero-order valence-electron chi connectivity index (χ0n) is 14.4. The molecule has 5 heteroatoms. The standard InChI is InChI=1S/C20H22N4S/c1-25-16-8-4-5-12-24(14-16)20-17-9-2-3-10-18(17)22-19(23-20)15-7-6-11-21-13-15/h2-3,6-7,9-11,13,16H,4-5,8,12,14H2,1H3. The highest BCUT2D eigenvalue weighted by Gasteiger charge is 2.21. The third-order valence-electron chi connectivity index (χ3n) is 4.76. The average Bonchev–Trinajstić information content (AvgIpc) is 2.93. The minimum Gasteiger partial charge on any atom is -0.355 e. The first-order chi connectivity index (χ1) is 12.3. The van der Waals surface area contributed by atoms with Crippen molar-refractivity contribution >= 4 is 28.5 Å². The van der Waals surface area contributed by atoms with Crippen LogP contribution >= 0.6 is 11.8 Å². The fourth-order valence-electron chi connectivity index (χ4n) is 3.41. The highest BCUT2D eigenvalue weighted by molar-refractivity contribution is 7.99. The zero-order chi connectivity index (χ0) is 17.1. The van der Waals surface area contributed by atoms with E-state index in [1.165, 1.54) is 19.3 Å². The van der Waals surface area contributed by atoms with Crippen LogP contribution in [0, 0.1) is 0 Å². The van der Waals surface area contributed by atoms with Crippen molar-refractivity contribution in [1.82, 2.24) is 15.0 Å². The first-order valence-corrected chi connectivity index (χ1v) is 10.1. The Bertz CT molecular complexity index is 853. The maximum absolute atomic E-state index is 4.97. The Morgan fingerprint density at radius 1 is 1.08 bits per heavy atom. The Morgan fingerprint density at radius 2 is 2.00 bits per heavy atom. The first-order valence-electron chi connectivity index (χ1n) is 8.80. The number of anilines is 1. The van der Waals surface area contributed by atoms with E-state index in [0.29, 0.717) is 5.25 Å². The van der Waals surface area contributed by atoms with Gasteiger partial charge in [0.25, 0.3) is 0 Å². The largest absolute Gasteiger partial charge is 0.355 e. The quantitative estimate of drug-likeness (QED) is 0.700. The summed E-state index contributed by atoms with van der Waals surface area (Å²) in [5.74, 6) is 1.82. The zero-order valence-corrected chi connectivity index (χ0v) is 15.2. The van der Waals surface area contributed by atoms with Gasteiger partial charge in [-0.25, -0.2) is 9.97 Å². The monoisotopic (exact) mass is 350 g/mol. The van der Waals surface area contributed by atoms with Crippen LogP contribution in [0.1, 0.15) is 19.3 Å². The van der Waals surface area contributed by atoms with Crippen LogP contribution in [0.15, 0.2) is 48.8 Å². The molecule has 0 spiro atoms. The molecule has 0 aliphatic carbocycles. The number of pyridine rings is 1. The summed E-state index contributed by atoms with van der Waals surface area (Å²) in [6.07, 6.45) is 9.63. The molecular formula is C20H22N4S. The lowest BCUT2D eigenvalue weighted by atomic mass is 10.2. The normalized spacial score (nSPS) is 18.3. The lowest BCUT2D eigenvalue weighted by molar-refractivity contribution is 0.736. The smallest absolute Gasteiger partial charge is 0.163 e. The predicted octanol–water partition coefficient (Wildman–Crippen LogP) is 4.41. The summed E-state index contributed by atoms with van der Waals surface area (Å²) < 4.78 is 0. The van der Waals surface area contributed by atoms with Crippen molar-refractivity contribution < 1.29 is 0 Å². The number of nitrogens with zero attached hydrogens (tertiary/aromatic N) is 4. The maximum atomic E-state index is 4.97. The van der Waals surface area contributed by atoms with Crippen molar-refractivity contribution in [3.05, 3.63) is 48.8 Å². The van der Waals surface area contributed by atoms with Crippen LogP contribution in [0.5, 0.6) is 0 Å². The predicted molar refractivity (Wildman–Crippen MR) is 106 cm³/mol. The van der Waals surface area contributed by atoms with Crippen LogP contribution < -0.4 is 4.90 Å². The molecule has 4 rings (SSSR count). The Hall–Kier alpha value is -2.14. The highest BCUT2D eigenvalue weighted by Crippen LogP contribution is 2.30. The van der Waals surface area contributed by atoms with Crippen LogP contribution in [-0.2, 0) is 0 Å². The van der Waals surface area contributed by atoms with Gasteiger partial charge < -0.3 is 4.90 Å². The van der Waals surface area contributed by atoms with E-state index in [0.717, 1.165) is 41.2 Å². The average molecular weight is 350 g/mol. The van der Waals surface area contributed by atoms with Crippen molar-refractivity contribution in [3.8, 4) is 11.4 Å². The number of hydrogen-bond donors (Lipinski definition) is 0. The molecule has 128 valence electrons. The SMILES string of the molecule is CSC1CCCCN(c2nc(-c3cccnc3)nc3ccccc23)C1. The van der Waals surface area contributed by atoms with Crippen molar-refractivity contribution in [3.63, 3.8) is 0 Å². The number of fused-ring (bicyclic) bond motifs is 1. The molecule has 1 saturated heterocycles. The minimum atomic E-state index is 0.665. The number of aromatic nitrogens is 3. The van der Waals surface area contributed by atoms with Gasteiger partial charge in [0.1, 0.15) is 5.82 Å². The molecule has 2 aromatic heterocycles. The summed E-state index contributed by atoms with van der Waals surface area (Å²) in [4.78, 5) is 16.4. The molecule has 25 heavy (non-hydrogen) atoms.